The standard InChI is InChI=1S/C29H62N2O4/c1-7-9-11-13-15-17-20-32-23-29(25-34-22-19-30,26-35-28(5,6)27(3,4)31)24-33-21-18-16-14-12-10-8-2/h7-26,30-31H2,1-6H3. The first kappa shape index (κ1) is 34.8. The largest absolute Gasteiger partial charge is 0.381 e. The molecule has 0 saturated carbocycles. The molecule has 0 bridgehead atoms. The molecule has 0 atom stereocenters. The van der Waals surface area contributed by atoms with Crippen LogP contribution in [0.25, 0.3) is 0 Å². The van der Waals surface area contributed by atoms with Gasteiger partial charge in [0, 0.05) is 25.3 Å². The minimum Gasteiger partial charge on any atom is -0.381 e. The van der Waals surface area contributed by atoms with Gasteiger partial charge in [-0.1, -0.05) is 78.1 Å². The maximum absolute atomic E-state index is 6.44. The average Bonchev–Trinajstić information content (AvgIpc) is 2.80. The smallest absolute Gasteiger partial charge is 0.0800 e. The maximum Gasteiger partial charge on any atom is 0.0800 e. The van der Waals surface area contributed by atoms with Gasteiger partial charge in [0.15, 0.2) is 0 Å². The molecule has 0 spiro atoms. The third-order valence-electron chi connectivity index (χ3n) is 7.06. The fourth-order valence-corrected chi connectivity index (χ4v) is 3.69. The van der Waals surface area contributed by atoms with Gasteiger partial charge < -0.3 is 30.4 Å². The van der Waals surface area contributed by atoms with Crippen molar-refractivity contribution in [2.24, 2.45) is 16.9 Å². The molecule has 0 aliphatic carbocycles. The summed E-state index contributed by atoms with van der Waals surface area (Å²) in [6.45, 7) is 17.2. The Morgan fingerprint density at radius 1 is 0.543 bits per heavy atom. The minimum absolute atomic E-state index is 0.387. The first-order valence-electron chi connectivity index (χ1n) is 14.5. The first-order valence-corrected chi connectivity index (χ1v) is 14.5. The summed E-state index contributed by atoms with van der Waals surface area (Å²) in [5, 5.41) is 0. The molecule has 4 N–H and O–H groups in total. The van der Waals surface area contributed by atoms with Gasteiger partial charge in [-0.3, -0.25) is 0 Å². The highest BCUT2D eigenvalue weighted by atomic mass is 16.5. The number of unbranched alkanes of at least 4 members (excludes halogenated alkanes) is 10. The van der Waals surface area contributed by atoms with Crippen molar-refractivity contribution in [1.82, 2.24) is 0 Å². The quantitative estimate of drug-likeness (QED) is 0.136. The van der Waals surface area contributed by atoms with E-state index in [1.165, 1.54) is 64.2 Å². The Morgan fingerprint density at radius 2 is 0.943 bits per heavy atom. The average molecular weight is 503 g/mol. The van der Waals surface area contributed by atoms with Crippen LogP contribution in [0.2, 0.25) is 0 Å². The summed E-state index contributed by atoms with van der Waals surface area (Å²) in [4.78, 5) is 0. The van der Waals surface area contributed by atoms with E-state index in [1.807, 2.05) is 27.7 Å². The van der Waals surface area contributed by atoms with Crippen LogP contribution in [-0.4, -0.2) is 63.9 Å². The van der Waals surface area contributed by atoms with Crippen molar-refractivity contribution in [3.8, 4) is 0 Å². The van der Waals surface area contributed by atoms with E-state index in [2.05, 4.69) is 13.8 Å². The fraction of sp³-hybridized carbons (Fsp3) is 1.00. The van der Waals surface area contributed by atoms with E-state index < -0.39 is 11.1 Å². The number of rotatable bonds is 26. The van der Waals surface area contributed by atoms with Crippen LogP contribution >= 0.6 is 0 Å². The van der Waals surface area contributed by atoms with Crippen molar-refractivity contribution in [1.29, 1.82) is 0 Å². The molecule has 6 heteroatoms. The number of nitrogens with two attached hydrogens (primary N) is 2. The van der Waals surface area contributed by atoms with E-state index >= 15 is 0 Å². The lowest BCUT2D eigenvalue weighted by atomic mass is 9.85. The van der Waals surface area contributed by atoms with Gasteiger partial charge in [0.1, 0.15) is 0 Å². The van der Waals surface area contributed by atoms with Gasteiger partial charge in [0.25, 0.3) is 0 Å². The molecule has 6 nitrogen and oxygen atoms in total. The summed E-state index contributed by atoms with van der Waals surface area (Å²) in [6, 6.07) is 0. The lowest BCUT2D eigenvalue weighted by Crippen LogP contribution is -2.56. The normalized spacial score (nSPS) is 13.0. The van der Waals surface area contributed by atoms with E-state index in [1.54, 1.807) is 0 Å². The predicted molar refractivity (Wildman–Crippen MR) is 149 cm³/mol. The molecule has 0 unspecified atom stereocenters. The summed E-state index contributed by atoms with van der Waals surface area (Å²) in [6.07, 6.45) is 15.0. The molecule has 35 heavy (non-hydrogen) atoms. The molecular weight excluding hydrogens is 440 g/mol. The zero-order chi connectivity index (χ0) is 26.5. The molecule has 0 saturated heterocycles. The van der Waals surface area contributed by atoms with Crippen molar-refractivity contribution in [3.63, 3.8) is 0 Å². The van der Waals surface area contributed by atoms with Crippen LogP contribution in [0.5, 0.6) is 0 Å². The highest BCUT2D eigenvalue weighted by molar-refractivity contribution is 4.93. The van der Waals surface area contributed by atoms with Gasteiger partial charge in [-0.15, -0.1) is 0 Å². The van der Waals surface area contributed by atoms with Crippen molar-refractivity contribution >= 4 is 0 Å². The van der Waals surface area contributed by atoms with Crippen LogP contribution in [0, 0.1) is 5.41 Å². The van der Waals surface area contributed by atoms with E-state index in [0.717, 1.165) is 26.1 Å². The van der Waals surface area contributed by atoms with E-state index in [0.29, 0.717) is 39.6 Å². The highest BCUT2D eigenvalue weighted by Crippen LogP contribution is 2.28. The summed E-state index contributed by atoms with van der Waals surface area (Å²) in [7, 11) is 0. The van der Waals surface area contributed by atoms with Gasteiger partial charge in [0.2, 0.25) is 0 Å². The zero-order valence-corrected chi connectivity index (χ0v) is 24.4. The molecule has 0 fully saturated rings. The molecule has 0 aliphatic rings. The fourth-order valence-electron chi connectivity index (χ4n) is 3.69. The Morgan fingerprint density at radius 3 is 1.34 bits per heavy atom. The van der Waals surface area contributed by atoms with Crippen LogP contribution in [0.1, 0.15) is 119 Å². The second-order valence-corrected chi connectivity index (χ2v) is 11.5. The van der Waals surface area contributed by atoms with Gasteiger partial charge >= 0.3 is 0 Å². The summed E-state index contributed by atoms with van der Waals surface area (Å²) < 4.78 is 24.8. The van der Waals surface area contributed by atoms with Crippen molar-refractivity contribution in [2.45, 2.75) is 130 Å². The Balaban J connectivity index is 4.97. The molecule has 0 amide bonds. The van der Waals surface area contributed by atoms with E-state index in [9.17, 15) is 0 Å². The zero-order valence-electron chi connectivity index (χ0n) is 24.4. The van der Waals surface area contributed by atoms with Crippen molar-refractivity contribution in [2.75, 3.05) is 52.8 Å². The Labute approximate surface area is 218 Å². The lowest BCUT2D eigenvalue weighted by Gasteiger charge is -2.42. The summed E-state index contributed by atoms with van der Waals surface area (Å²) in [5.41, 5.74) is 10.8. The Kier molecular flexibility index (Phi) is 20.6. The van der Waals surface area contributed by atoms with Crippen LogP contribution in [-0.2, 0) is 18.9 Å². The van der Waals surface area contributed by atoms with Gasteiger partial charge in [-0.05, 0) is 40.5 Å². The number of ether oxygens (including phenoxy) is 4. The molecule has 0 heterocycles. The number of hydrogen-bond acceptors (Lipinski definition) is 6. The van der Waals surface area contributed by atoms with Crippen molar-refractivity contribution < 1.29 is 18.9 Å². The van der Waals surface area contributed by atoms with Crippen LogP contribution in [0.3, 0.4) is 0 Å². The molecule has 212 valence electrons. The third-order valence-corrected chi connectivity index (χ3v) is 7.06. The monoisotopic (exact) mass is 502 g/mol. The molecule has 0 aromatic carbocycles. The molecule has 0 aliphatic heterocycles. The SMILES string of the molecule is CCCCCCCCOCC(COCCN)(COCCCCCCCC)COC(C)(C)C(C)(C)N. The lowest BCUT2D eigenvalue weighted by molar-refractivity contribution is -0.151. The molecule has 0 radical (unpaired) electrons. The van der Waals surface area contributed by atoms with Crippen LogP contribution < -0.4 is 11.5 Å². The summed E-state index contributed by atoms with van der Waals surface area (Å²) >= 11 is 0. The Hall–Kier alpha value is -0.240. The Bertz CT molecular complexity index is 446. The maximum atomic E-state index is 6.44. The van der Waals surface area contributed by atoms with E-state index in [4.69, 9.17) is 30.4 Å². The topological polar surface area (TPSA) is 89.0 Å². The number of hydrogen-bond donors (Lipinski definition) is 2. The third kappa shape index (κ3) is 17.8. The molecule has 0 aromatic heterocycles. The molecule has 0 aromatic rings. The van der Waals surface area contributed by atoms with Crippen LogP contribution in [0.4, 0.5) is 0 Å². The summed E-state index contributed by atoms with van der Waals surface area (Å²) in [5.74, 6) is 0. The van der Waals surface area contributed by atoms with Gasteiger partial charge in [0.05, 0.1) is 44.1 Å². The van der Waals surface area contributed by atoms with Gasteiger partial charge in [-0.2, -0.15) is 0 Å². The van der Waals surface area contributed by atoms with Crippen LogP contribution in [0.15, 0.2) is 0 Å². The predicted octanol–water partition coefficient (Wildman–Crippen LogP) is 6.23. The second kappa shape index (κ2) is 20.8. The molecular formula is C29H62N2O4. The first-order chi connectivity index (χ1) is 16.6. The van der Waals surface area contributed by atoms with Crippen molar-refractivity contribution in [3.05, 3.63) is 0 Å². The van der Waals surface area contributed by atoms with Gasteiger partial charge in [-0.25, -0.2) is 0 Å². The van der Waals surface area contributed by atoms with E-state index in [-0.39, 0.29) is 5.41 Å². The highest BCUT2D eigenvalue weighted by Gasteiger charge is 2.39. The molecule has 0 rings (SSSR count). The minimum atomic E-state index is -0.495. The second-order valence-electron chi connectivity index (χ2n) is 11.5.